The third-order valence-corrected chi connectivity index (χ3v) is 6.05. The van der Waals surface area contributed by atoms with Crippen molar-refractivity contribution in [2.75, 3.05) is 45.2 Å². The maximum Gasteiger partial charge on any atom is 0.225 e. The molecule has 3 heterocycles. The minimum atomic E-state index is 0.0827. The van der Waals surface area contributed by atoms with Gasteiger partial charge in [-0.2, -0.15) is 0 Å². The molecular formula is C21H33N5O2. The van der Waals surface area contributed by atoms with Crippen molar-refractivity contribution in [1.82, 2.24) is 19.8 Å². The van der Waals surface area contributed by atoms with Gasteiger partial charge in [0.15, 0.2) is 0 Å². The molecule has 7 nitrogen and oxygen atoms in total. The van der Waals surface area contributed by atoms with Gasteiger partial charge in [-0.05, 0) is 44.9 Å². The largest absolute Gasteiger partial charge is 0.363 e. The van der Waals surface area contributed by atoms with Gasteiger partial charge in [-0.1, -0.05) is 0 Å². The van der Waals surface area contributed by atoms with Crippen LogP contribution in [0.5, 0.6) is 0 Å². The van der Waals surface area contributed by atoms with E-state index in [1.54, 1.807) is 6.92 Å². The summed E-state index contributed by atoms with van der Waals surface area (Å²) < 4.78 is 0. The van der Waals surface area contributed by atoms with E-state index in [2.05, 4.69) is 16.0 Å². The molecule has 1 aromatic rings. The molecule has 2 aliphatic heterocycles. The van der Waals surface area contributed by atoms with E-state index in [9.17, 15) is 9.59 Å². The normalized spacial score (nSPS) is 19.0. The Kier molecular flexibility index (Phi) is 6.52. The van der Waals surface area contributed by atoms with E-state index in [1.165, 1.54) is 0 Å². The van der Waals surface area contributed by atoms with Crippen LogP contribution < -0.4 is 4.90 Å². The Hall–Kier alpha value is -2.18. The number of carbonyl (C=O) groups is 2. The first-order chi connectivity index (χ1) is 13.3. The third kappa shape index (κ3) is 5.00. The highest BCUT2D eigenvalue weighted by Crippen LogP contribution is 2.26. The number of anilines is 1. The van der Waals surface area contributed by atoms with E-state index in [0.717, 1.165) is 62.5 Å². The van der Waals surface area contributed by atoms with Gasteiger partial charge in [0.2, 0.25) is 11.8 Å². The summed E-state index contributed by atoms with van der Waals surface area (Å²) in [6.45, 7) is 6.64. The molecule has 0 N–H and O–H groups in total. The predicted octanol–water partition coefficient (Wildman–Crippen LogP) is 1.89. The lowest BCUT2D eigenvalue weighted by Crippen LogP contribution is -2.46. The summed E-state index contributed by atoms with van der Waals surface area (Å²) in [5.41, 5.74) is 1.09. The molecule has 0 unspecified atom stereocenters. The zero-order chi connectivity index (χ0) is 20.3. The van der Waals surface area contributed by atoms with Crippen LogP contribution in [-0.2, 0) is 16.0 Å². The fourth-order valence-corrected chi connectivity index (χ4v) is 4.30. The molecule has 2 saturated heterocycles. The first-order valence-corrected chi connectivity index (χ1v) is 10.4. The van der Waals surface area contributed by atoms with Crippen molar-refractivity contribution < 1.29 is 9.59 Å². The second-order valence-electron chi connectivity index (χ2n) is 8.41. The summed E-state index contributed by atoms with van der Waals surface area (Å²) in [6, 6.07) is 2.08. The van der Waals surface area contributed by atoms with Crippen LogP contribution >= 0.6 is 0 Å². The van der Waals surface area contributed by atoms with Crippen LogP contribution in [0.25, 0.3) is 0 Å². The van der Waals surface area contributed by atoms with E-state index in [1.807, 2.05) is 35.7 Å². The third-order valence-electron chi connectivity index (χ3n) is 6.05. The van der Waals surface area contributed by atoms with Crippen LogP contribution in [0.1, 0.15) is 44.1 Å². The van der Waals surface area contributed by atoms with E-state index in [0.29, 0.717) is 19.0 Å². The van der Waals surface area contributed by atoms with Gasteiger partial charge in [0.1, 0.15) is 11.6 Å². The minimum Gasteiger partial charge on any atom is -0.363 e. The summed E-state index contributed by atoms with van der Waals surface area (Å²) in [6.07, 6.45) is 4.59. The summed E-state index contributed by atoms with van der Waals surface area (Å²) in [5.74, 6) is 2.81. The van der Waals surface area contributed by atoms with Crippen molar-refractivity contribution >= 4 is 17.6 Å². The van der Waals surface area contributed by atoms with Crippen LogP contribution in [0.3, 0.4) is 0 Å². The number of aryl methyl sites for hydroxylation is 1. The zero-order valence-corrected chi connectivity index (χ0v) is 17.6. The van der Waals surface area contributed by atoms with Crippen molar-refractivity contribution in [3.63, 3.8) is 0 Å². The summed E-state index contributed by atoms with van der Waals surface area (Å²) >= 11 is 0. The molecular weight excluding hydrogens is 354 g/mol. The molecule has 0 saturated carbocycles. The molecule has 2 fully saturated rings. The minimum absolute atomic E-state index is 0.0827. The Labute approximate surface area is 168 Å². The molecule has 7 heteroatoms. The van der Waals surface area contributed by atoms with Crippen LogP contribution in [0.4, 0.5) is 5.82 Å². The van der Waals surface area contributed by atoms with Gasteiger partial charge < -0.3 is 14.7 Å². The number of hydrogen-bond donors (Lipinski definition) is 0. The van der Waals surface area contributed by atoms with Gasteiger partial charge in [-0.15, -0.1) is 0 Å². The van der Waals surface area contributed by atoms with Gasteiger partial charge >= 0.3 is 0 Å². The van der Waals surface area contributed by atoms with E-state index in [4.69, 9.17) is 0 Å². The summed E-state index contributed by atoms with van der Waals surface area (Å²) in [5, 5.41) is 0. The van der Waals surface area contributed by atoms with Crippen LogP contribution in [0.2, 0.25) is 0 Å². The number of carbonyl (C=O) groups excluding carboxylic acids is 2. The van der Waals surface area contributed by atoms with Crippen LogP contribution in [0.15, 0.2) is 6.07 Å². The molecule has 2 aliphatic rings. The number of likely N-dealkylation sites (tertiary alicyclic amines) is 2. The number of nitrogens with zero attached hydrogens (tertiary/aromatic N) is 5. The van der Waals surface area contributed by atoms with E-state index >= 15 is 0 Å². The quantitative estimate of drug-likeness (QED) is 0.789. The van der Waals surface area contributed by atoms with Crippen molar-refractivity contribution in [2.24, 2.45) is 11.8 Å². The summed E-state index contributed by atoms with van der Waals surface area (Å²) in [4.78, 5) is 39.3. The maximum atomic E-state index is 12.9. The van der Waals surface area contributed by atoms with Gasteiger partial charge in [0.05, 0.1) is 0 Å². The highest BCUT2D eigenvalue weighted by Gasteiger charge is 2.31. The Morgan fingerprint density at radius 2 is 1.64 bits per heavy atom. The molecule has 0 spiro atoms. The number of amides is 2. The molecule has 2 amide bonds. The van der Waals surface area contributed by atoms with Gasteiger partial charge in [-0.3, -0.25) is 9.59 Å². The fourth-order valence-electron chi connectivity index (χ4n) is 4.30. The second-order valence-corrected chi connectivity index (χ2v) is 8.41. The van der Waals surface area contributed by atoms with Crippen molar-refractivity contribution in [2.45, 2.75) is 46.0 Å². The first-order valence-electron chi connectivity index (χ1n) is 10.4. The number of piperidine rings is 2. The van der Waals surface area contributed by atoms with E-state index < -0.39 is 0 Å². The Balaban J connectivity index is 1.49. The number of rotatable bonds is 4. The maximum absolute atomic E-state index is 12.9. The molecule has 1 aromatic heterocycles. The monoisotopic (exact) mass is 387 g/mol. The van der Waals surface area contributed by atoms with Gasteiger partial charge in [0.25, 0.3) is 0 Å². The average molecular weight is 388 g/mol. The topological polar surface area (TPSA) is 69.6 Å². The van der Waals surface area contributed by atoms with Crippen LogP contribution in [0, 0.1) is 18.8 Å². The van der Waals surface area contributed by atoms with Crippen molar-refractivity contribution in [3.05, 3.63) is 17.6 Å². The van der Waals surface area contributed by atoms with Crippen LogP contribution in [-0.4, -0.2) is 71.9 Å². The molecule has 0 bridgehead atoms. The highest BCUT2D eigenvalue weighted by molar-refractivity contribution is 5.79. The fraction of sp³-hybridized carbons (Fsp3) is 0.714. The van der Waals surface area contributed by atoms with Gasteiger partial charge in [-0.25, -0.2) is 9.97 Å². The predicted molar refractivity (Wildman–Crippen MR) is 109 cm³/mol. The molecule has 154 valence electrons. The SMILES string of the molecule is CC(=O)N1CCC(C(=O)N2CCC(Cc3cc(N(C)C)nc(C)n3)CC2)CC1. The van der Waals surface area contributed by atoms with Crippen molar-refractivity contribution in [3.8, 4) is 0 Å². The Morgan fingerprint density at radius 1 is 1.04 bits per heavy atom. The van der Waals surface area contributed by atoms with Crippen molar-refractivity contribution in [1.29, 1.82) is 0 Å². The molecule has 0 aromatic carbocycles. The number of hydrogen-bond acceptors (Lipinski definition) is 5. The first kappa shape index (κ1) is 20.6. The highest BCUT2D eigenvalue weighted by atomic mass is 16.2. The molecule has 0 aliphatic carbocycles. The second kappa shape index (κ2) is 8.88. The molecule has 28 heavy (non-hydrogen) atoms. The average Bonchev–Trinajstić information content (AvgIpc) is 2.67. The summed E-state index contributed by atoms with van der Waals surface area (Å²) in [7, 11) is 3.99. The number of aromatic nitrogens is 2. The molecule has 3 rings (SSSR count). The smallest absolute Gasteiger partial charge is 0.225 e. The Bertz CT molecular complexity index is 705. The lowest BCUT2D eigenvalue weighted by molar-refractivity contribution is -0.141. The lowest BCUT2D eigenvalue weighted by atomic mass is 9.89. The lowest BCUT2D eigenvalue weighted by Gasteiger charge is -2.37. The van der Waals surface area contributed by atoms with Gasteiger partial charge in [0, 0.05) is 64.9 Å². The molecule has 0 radical (unpaired) electrons. The zero-order valence-electron chi connectivity index (χ0n) is 17.6. The molecule has 0 atom stereocenters. The Morgan fingerprint density at radius 3 is 2.21 bits per heavy atom. The van der Waals surface area contributed by atoms with E-state index in [-0.39, 0.29) is 17.7 Å². The standard InChI is InChI=1S/C21H33N5O2/c1-15-22-19(14-20(23-15)24(3)4)13-17-5-9-26(10-6-17)21(28)18-7-11-25(12-8-18)16(2)27/h14,17-18H,5-13H2,1-4H3.